The highest BCUT2D eigenvalue weighted by Crippen LogP contribution is 2.24. The first-order valence-corrected chi connectivity index (χ1v) is 13.9. The third-order valence-corrected chi connectivity index (χ3v) is 7.24. The van der Waals surface area contributed by atoms with Crippen molar-refractivity contribution in [2.45, 2.75) is 32.9 Å². The fraction of sp³-hybridized carbons (Fsp3) is 0.267. The van der Waals surface area contributed by atoms with Gasteiger partial charge in [0.2, 0.25) is 0 Å². The lowest BCUT2D eigenvalue weighted by Crippen LogP contribution is -2.43. The first kappa shape index (κ1) is 30.0. The van der Waals surface area contributed by atoms with E-state index in [9.17, 15) is 19.2 Å². The van der Waals surface area contributed by atoms with Crippen LogP contribution in [0, 0.1) is 0 Å². The number of amides is 1. The summed E-state index contributed by atoms with van der Waals surface area (Å²) in [4.78, 5) is 52.3. The van der Waals surface area contributed by atoms with Gasteiger partial charge in [-0.05, 0) is 61.0 Å². The van der Waals surface area contributed by atoms with Crippen LogP contribution in [0.5, 0.6) is 0 Å². The molecule has 0 saturated heterocycles. The zero-order valence-corrected chi connectivity index (χ0v) is 24.4. The topological polar surface area (TPSA) is 111 Å². The number of nitrogens with zero attached hydrogens (tertiary/aromatic N) is 2. The monoisotopic (exact) mass is 596 g/mol. The van der Waals surface area contributed by atoms with Crippen molar-refractivity contribution in [2.75, 3.05) is 13.2 Å². The Bertz CT molecular complexity index is 1690. The van der Waals surface area contributed by atoms with E-state index in [1.54, 1.807) is 56.4 Å². The average Bonchev–Trinajstić information content (AvgIpc) is 2.95. The molecule has 41 heavy (non-hydrogen) atoms. The molecule has 0 radical (unpaired) electrons. The first-order chi connectivity index (χ1) is 19.7. The predicted octanol–water partition coefficient (Wildman–Crippen LogP) is 4.01. The molecule has 0 aliphatic rings. The lowest BCUT2D eigenvalue weighted by Gasteiger charge is -2.18. The van der Waals surface area contributed by atoms with Crippen molar-refractivity contribution >= 4 is 46.0 Å². The summed E-state index contributed by atoms with van der Waals surface area (Å²) in [7, 11) is 1.62. The van der Waals surface area contributed by atoms with Crippen molar-refractivity contribution in [2.24, 2.45) is 7.05 Å². The van der Waals surface area contributed by atoms with Crippen molar-refractivity contribution < 1.29 is 14.3 Å². The number of hydrogen-bond acceptors (Lipinski definition) is 6. The average molecular weight is 597 g/mol. The third-order valence-electron chi connectivity index (χ3n) is 6.61. The van der Waals surface area contributed by atoms with Gasteiger partial charge in [0.05, 0.1) is 38.8 Å². The highest BCUT2D eigenvalue weighted by molar-refractivity contribution is 6.39. The summed E-state index contributed by atoms with van der Waals surface area (Å²) in [5.74, 6) is -1.24. The van der Waals surface area contributed by atoms with Crippen LogP contribution in [-0.2, 0) is 29.5 Å². The molecule has 1 aromatic heterocycles. The van der Waals surface area contributed by atoms with Gasteiger partial charge in [0.15, 0.2) is 0 Å². The molecule has 4 rings (SSSR count). The maximum atomic E-state index is 13.5. The highest BCUT2D eigenvalue weighted by atomic mass is 35.5. The van der Waals surface area contributed by atoms with E-state index in [1.165, 1.54) is 16.7 Å². The second-order valence-corrected chi connectivity index (χ2v) is 10.2. The quantitative estimate of drug-likeness (QED) is 0.268. The standard InChI is InChI=1S/C30H30Cl2N4O5/c1-4-33-17-19-11-14-25-21(15-19)28(38)36(30(40)35(25)3)20-12-9-18(10-13-20)16-24(29(39)41-5-2)34-27(37)26-22(31)7-6-8-23(26)32/h6-15,24,33H,4-5,16-17H2,1-3H3,(H,34,37)/t24-/m0/s1. The zero-order chi connectivity index (χ0) is 29.7. The van der Waals surface area contributed by atoms with Crippen LogP contribution in [0.15, 0.2) is 70.3 Å². The van der Waals surface area contributed by atoms with E-state index in [2.05, 4.69) is 10.6 Å². The van der Waals surface area contributed by atoms with Crippen LogP contribution in [0.1, 0.15) is 35.3 Å². The van der Waals surface area contributed by atoms with Crippen LogP contribution >= 0.6 is 23.2 Å². The minimum Gasteiger partial charge on any atom is -0.464 e. The zero-order valence-electron chi connectivity index (χ0n) is 22.9. The molecule has 1 heterocycles. The van der Waals surface area contributed by atoms with Crippen molar-refractivity contribution in [1.82, 2.24) is 19.8 Å². The summed E-state index contributed by atoms with van der Waals surface area (Å²) < 4.78 is 7.73. The number of esters is 1. The molecule has 0 unspecified atom stereocenters. The summed E-state index contributed by atoms with van der Waals surface area (Å²) in [6.07, 6.45) is 0.0886. The maximum absolute atomic E-state index is 13.5. The Balaban J connectivity index is 1.64. The van der Waals surface area contributed by atoms with Gasteiger partial charge in [-0.1, -0.05) is 54.4 Å². The summed E-state index contributed by atoms with van der Waals surface area (Å²) in [6.45, 7) is 5.18. The number of halogens is 2. The van der Waals surface area contributed by atoms with E-state index in [0.29, 0.717) is 28.7 Å². The molecule has 2 N–H and O–H groups in total. The molecule has 11 heteroatoms. The molecule has 0 bridgehead atoms. The molecular weight excluding hydrogens is 567 g/mol. The van der Waals surface area contributed by atoms with Gasteiger partial charge in [-0.3, -0.25) is 14.2 Å². The molecule has 0 saturated carbocycles. The lowest BCUT2D eigenvalue weighted by molar-refractivity contribution is -0.145. The number of carbonyl (C=O) groups is 2. The van der Waals surface area contributed by atoms with Gasteiger partial charge in [-0.15, -0.1) is 0 Å². The van der Waals surface area contributed by atoms with Gasteiger partial charge in [0.25, 0.3) is 11.5 Å². The number of benzene rings is 3. The van der Waals surface area contributed by atoms with Gasteiger partial charge in [-0.25, -0.2) is 14.2 Å². The molecule has 0 spiro atoms. The summed E-state index contributed by atoms with van der Waals surface area (Å²) >= 11 is 12.3. The number of nitrogens with one attached hydrogen (secondary N) is 2. The molecule has 0 fully saturated rings. The molecule has 1 atom stereocenters. The fourth-order valence-corrected chi connectivity index (χ4v) is 5.08. The van der Waals surface area contributed by atoms with Crippen molar-refractivity contribution in [3.8, 4) is 5.69 Å². The SMILES string of the molecule is CCNCc1ccc2c(c1)c(=O)n(-c1ccc(C[C@H](NC(=O)c3c(Cl)cccc3Cl)C(=O)OCC)cc1)c(=O)n2C. The van der Waals surface area contributed by atoms with E-state index in [1.807, 2.05) is 13.0 Å². The molecule has 4 aromatic rings. The van der Waals surface area contributed by atoms with Gasteiger partial charge < -0.3 is 15.4 Å². The molecule has 1 amide bonds. The van der Waals surface area contributed by atoms with E-state index in [0.717, 1.165) is 16.7 Å². The second kappa shape index (κ2) is 13.2. The number of aromatic nitrogens is 2. The Morgan fingerprint density at radius 2 is 1.61 bits per heavy atom. The Kier molecular flexibility index (Phi) is 9.65. The van der Waals surface area contributed by atoms with Crippen molar-refractivity contribution in [3.05, 3.63) is 108 Å². The van der Waals surface area contributed by atoms with Gasteiger partial charge in [0, 0.05) is 20.0 Å². The number of hydrogen-bond donors (Lipinski definition) is 2. The van der Waals surface area contributed by atoms with Crippen LogP contribution in [0.4, 0.5) is 0 Å². The number of ether oxygens (including phenoxy) is 1. The fourth-order valence-electron chi connectivity index (χ4n) is 4.51. The highest BCUT2D eigenvalue weighted by Gasteiger charge is 2.25. The van der Waals surface area contributed by atoms with Crippen LogP contribution in [0.25, 0.3) is 16.6 Å². The lowest BCUT2D eigenvalue weighted by atomic mass is 10.0. The molecular formula is C30H30Cl2N4O5. The number of fused-ring (bicyclic) bond motifs is 1. The van der Waals surface area contributed by atoms with Crippen LogP contribution in [0.3, 0.4) is 0 Å². The number of carbonyl (C=O) groups excluding carboxylic acids is 2. The van der Waals surface area contributed by atoms with E-state index in [-0.39, 0.29) is 28.6 Å². The molecule has 214 valence electrons. The molecule has 0 aliphatic carbocycles. The molecule has 9 nitrogen and oxygen atoms in total. The summed E-state index contributed by atoms with van der Waals surface area (Å²) in [5.41, 5.74) is 1.65. The summed E-state index contributed by atoms with van der Waals surface area (Å²) in [5, 5.41) is 6.63. The predicted molar refractivity (Wildman–Crippen MR) is 160 cm³/mol. The Hall–Kier alpha value is -3.92. The smallest absolute Gasteiger partial charge is 0.335 e. The summed E-state index contributed by atoms with van der Waals surface area (Å²) in [6, 6.07) is 15.7. The largest absolute Gasteiger partial charge is 0.464 e. The van der Waals surface area contributed by atoms with Crippen LogP contribution < -0.4 is 21.9 Å². The Morgan fingerprint density at radius 3 is 2.24 bits per heavy atom. The van der Waals surface area contributed by atoms with Crippen LogP contribution in [-0.4, -0.2) is 40.2 Å². The van der Waals surface area contributed by atoms with Crippen LogP contribution in [0.2, 0.25) is 10.0 Å². The van der Waals surface area contributed by atoms with Gasteiger partial charge in [-0.2, -0.15) is 0 Å². The van der Waals surface area contributed by atoms with Gasteiger partial charge >= 0.3 is 11.7 Å². The van der Waals surface area contributed by atoms with E-state index in [4.69, 9.17) is 27.9 Å². The second-order valence-electron chi connectivity index (χ2n) is 9.36. The molecule has 3 aromatic carbocycles. The van der Waals surface area contributed by atoms with Crippen molar-refractivity contribution in [1.29, 1.82) is 0 Å². The third kappa shape index (κ3) is 6.53. The maximum Gasteiger partial charge on any atom is 0.335 e. The number of aryl methyl sites for hydroxylation is 1. The minimum absolute atomic E-state index is 0.0561. The van der Waals surface area contributed by atoms with Gasteiger partial charge in [0.1, 0.15) is 6.04 Å². The van der Waals surface area contributed by atoms with Crippen molar-refractivity contribution in [3.63, 3.8) is 0 Å². The normalized spacial score (nSPS) is 11.8. The Morgan fingerprint density at radius 1 is 0.951 bits per heavy atom. The minimum atomic E-state index is -1.04. The number of rotatable bonds is 10. The van der Waals surface area contributed by atoms with E-state index < -0.39 is 29.2 Å². The molecule has 0 aliphatic heterocycles. The Labute approximate surface area is 246 Å². The van der Waals surface area contributed by atoms with E-state index >= 15 is 0 Å². The first-order valence-electron chi connectivity index (χ1n) is 13.1.